The normalized spacial score (nSPS) is 21.5. The molecule has 6 heteroatoms. The van der Waals surface area contributed by atoms with E-state index in [2.05, 4.69) is 15.5 Å². The standard InChI is InChI=1S/C16H26N4O2/c1-2-22-16(21)20-9-8-12(11-20)17-10-15-13-6-4-3-5-7-14(13)18-19-15/h12,17H,2-11H2,1H3,(H,18,19). The van der Waals surface area contributed by atoms with Crippen LogP contribution in [0.25, 0.3) is 0 Å². The minimum Gasteiger partial charge on any atom is -0.450 e. The summed E-state index contributed by atoms with van der Waals surface area (Å²) >= 11 is 0. The zero-order valence-electron chi connectivity index (χ0n) is 13.4. The predicted molar refractivity (Wildman–Crippen MR) is 83.7 cm³/mol. The third-order valence-electron chi connectivity index (χ3n) is 4.66. The molecule has 1 unspecified atom stereocenters. The largest absolute Gasteiger partial charge is 0.450 e. The fourth-order valence-electron chi connectivity index (χ4n) is 3.42. The fourth-order valence-corrected chi connectivity index (χ4v) is 3.42. The Morgan fingerprint density at radius 1 is 1.41 bits per heavy atom. The van der Waals surface area contributed by atoms with Crippen LogP contribution in [0.1, 0.15) is 49.6 Å². The molecule has 1 aliphatic carbocycles. The average Bonchev–Trinajstić information content (AvgIpc) is 3.07. The molecule has 3 rings (SSSR count). The van der Waals surface area contributed by atoms with Gasteiger partial charge in [-0.2, -0.15) is 5.10 Å². The van der Waals surface area contributed by atoms with E-state index in [4.69, 9.17) is 4.74 Å². The van der Waals surface area contributed by atoms with Crippen molar-refractivity contribution in [2.24, 2.45) is 0 Å². The van der Waals surface area contributed by atoms with Crippen molar-refractivity contribution in [2.45, 2.75) is 58.0 Å². The van der Waals surface area contributed by atoms with Gasteiger partial charge in [-0.05, 0) is 44.6 Å². The van der Waals surface area contributed by atoms with E-state index in [-0.39, 0.29) is 6.09 Å². The van der Waals surface area contributed by atoms with Crippen LogP contribution in [0.2, 0.25) is 0 Å². The van der Waals surface area contributed by atoms with Gasteiger partial charge in [-0.1, -0.05) is 6.42 Å². The van der Waals surface area contributed by atoms with Gasteiger partial charge in [0.05, 0.1) is 12.3 Å². The Kier molecular flexibility index (Phi) is 4.97. The molecule has 2 N–H and O–H groups in total. The molecule has 1 aromatic heterocycles. The highest BCUT2D eigenvalue weighted by molar-refractivity contribution is 5.68. The van der Waals surface area contributed by atoms with Crippen LogP contribution < -0.4 is 5.32 Å². The second-order valence-corrected chi connectivity index (χ2v) is 6.20. The summed E-state index contributed by atoms with van der Waals surface area (Å²) in [4.78, 5) is 13.5. The van der Waals surface area contributed by atoms with E-state index in [1.54, 1.807) is 4.90 Å². The maximum absolute atomic E-state index is 11.7. The van der Waals surface area contributed by atoms with E-state index >= 15 is 0 Å². The SMILES string of the molecule is CCOC(=O)N1CCC(NCc2n[nH]c3c2CCCCC3)C1. The lowest BCUT2D eigenvalue weighted by Crippen LogP contribution is -2.35. The van der Waals surface area contributed by atoms with Crippen molar-refractivity contribution in [3.63, 3.8) is 0 Å². The number of nitrogens with one attached hydrogen (secondary N) is 2. The summed E-state index contributed by atoms with van der Waals surface area (Å²) < 4.78 is 5.05. The van der Waals surface area contributed by atoms with Gasteiger partial charge in [-0.15, -0.1) is 0 Å². The maximum atomic E-state index is 11.7. The van der Waals surface area contributed by atoms with Crippen molar-refractivity contribution in [1.29, 1.82) is 0 Å². The Morgan fingerprint density at radius 3 is 3.14 bits per heavy atom. The number of carbonyl (C=O) groups excluding carboxylic acids is 1. The van der Waals surface area contributed by atoms with Gasteiger partial charge in [0, 0.05) is 31.4 Å². The second kappa shape index (κ2) is 7.13. The Balaban J connectivity index is 1.51. The number of aryl methyl sites for hydroxylation is 1. The molecular formula is C16H26N4O2. The van der Waals surface area contributed by atoms with Crippen LogP contribution in [0, 0.1) is 0 Å². The molecule has 2 aliphatic rings. The number of amides is 1. The van der Waals surface area contributed by atoms with Gasteiger partial charge >= 0.3 is 6.09 Å². The lowest BCUT2D eigenvalue weighted by atomic mass is 10.1. The molecule has 1 atom stereocenters. The molecule has 2 heterocycles. The van der Waals surface area contributed by atoms with E-state index < -0.39 is 0 Å². The fraction of sp³-hybridized carbons (Fsp3) is 0.750. The van der Waals surface area contributed by atoms with Gasteiger partial charge in [-0.3, -0.25) is 5.10 Å². The van der Waals surface area contributed by atoms with Crippen molar-refractivity contribution in [3.8, 4) is 0 Å². The van der Waals surface area contributed by atoms with Crippen molar-refractivity contribution in [3.05, 3.63) is 17.0 Å². The number of ether oxygens (including phenoxy) is 1. The van der Waals surface area contributed by atoms with Gasteiger partial charge in [-0.25, -0.2) is 4.79 Å². The topological polar surface area (TPSA) is 70.2 Å². The molecule has 0 aromatic carbocycles. The van der Waals surface area contributed by atoms with Gasteiger partial charge in [0.15, 0.2) is 0 Å². The van der Waals surface area contributed by atoms with Crippen LogP contribution in [0.3, 0.4) is 0 Å². The van der Waals surface area contributed by atoms with Crippen LogP contribution in [0.15, 0.2) is 0 Å². The zero-order valence-corrected chi connectivity index (χ0v) is 13.4. The summed E-state index contributed by atoms with van der Waals surface area (Å²) in [5, 5.41) is 11.3. The summed E-state index contributed by atoms with van der Waals surface area (Å²) in [6, 6.07) is 0.336. The van der Waals surface area contributed by atoms with Crippen LogP contribution in [-0.4, -0.2) is 46.9 Å². The molecule has 0 bridgehead atoms. The number of aromatic nitrogens is 2. The number of fused-ring (bicyclic) bond motifs is 1. The van der Waals surface area contributed by atoms with Crippen LogP contribution >= 0.6 is 0 Å². The van der Waals surface area contributed by atoms with E-state index in [1.165, 1.54) is 30.5 Å². The second-order valence-electron chi connectivity index (χ2n) is 6.20. The first-order valence-corrected chi connectivity index (χ1v) is 8.48. The third kappa shape index (κ3) is 3.43. The summed E-state index contributed by atoms with van der Waals surface area (Å²) in [5.74, 6) is 0. The van der Waals surface area contributed by atoms with Gasteiger partial charge in [0.25, 0.3) is 0 Å². The number of carbonyl (C=O) groups is 1. The van der Waals surface area contributed by atoms with E-state index in [9.17, 15) is 4.79 Å². The number of H-pyrrole nitrogens is 1. The first kappa shape index (κ1) is 15.3. The zero-order chi connectivity index (χ0) is 15.4. The lowest BCUT2D eigenvalue weighted by molar-refractivity contribution is 0.115. The summed E-state index contributed by atoms with van der Waals surface area (Å²) in [6.07, 6.45) is 6.89. The molecule has 1 saturated heterocycles. The minimum atomic E-state index is -0.194. The average molecular weight is 306 g/mol. The smallest absolute Gasteiger partial charge is 0.409 e. The number of rotatable bonds is 4. The van der Waals surface area contributed by atoms with E-state index in [0.717, 1.165) is 44.6 Å². The Labute approximate surface area is 131 Å². The van der Waals surface area contributed by atoms with Crippen LogP contribution in [0.5, 0.6) is 0 Å². The van der Waals surface area contributed by atoms with E-state index in [1.807, 2.05) is 6.92 Å². The molecule has 1 aliphatic heterocycles. The molecule has 6 nitrogen and oxygen atoms in total. The van der Waals surface area contributed by atoms with Gasteiger partial charge in [0.1, 0.15) is 0 Å². The first-order valence-electron chi connectivity index (χ1n) is 8.48. The number of nitrogens with zero attached hydrogens (tertiary/aromatic N) is 2. The highest BCUT2D eigenvalue weighted by atomic mass is 16.6. The van der Waals surface area contributed by atoms with Crippen molar-refractivity contribution >= 4 is 6.09 Å². The Hall–Kier alpha value is -1.56. The quantitative estimate of drug-likeness (QED) is 0.835. The molecule has 1 amide bonds. The highest BCUT2D eigenvalue weighted by Crippen LogP contribution is 2.22. The van der Waals surface area contributed by atoms with Crippen molar-refractivity contribution in [1.82, 2.24) is 20.4 Å². The predicted octanol–water partition coefficient (Wildman–Crippen LogP) is 2.00. The third-order valence-corrected chi connectivity index (χ3v) is 4.66. The molecule has 0 saturated carbocycles. The molecule has 122 valence electrons. The molecule has 1 fully saturated rings. The number of hydrogen-bond acceptors (Lipinski definition) is 4. The molecule has 0 radical (unpaired) electrons. The van der Waals surface area contributed by atoms with Crippen molar-refractivity contribution in [2.75, 3.05) is 19.7 Å². The lowest BCUT2D eigenvalue weighted by Gasteiger charge is -2.16. The molecule has 1 aromatic rings. The molecule has 22 heavy (non-hydrogen) atoms. The van der Waals surface area contributed by atoms with E-state index in [0.29, 0.717) is 12.6 Å². The van der Waals surface area contributed by atoms with Gasteiger partial charge < -0.3 is 15.0 Å². The maximum Gasteiger partial charge on any atom is 0.409 e. The monoisotopic (exact) mass is 306 g/mol. The molecular weight excluding hydrogens is 280 g/mol. The highest BCUT2D eigenvalue weighted by Gasteiger charge is 2.27. The summed E-state index contributed by atoms with van der Waals surface area (Å²) in [5.41, 5.74) is 3.91. The Morgan fingerprint density at radius 2 is 2.27 bits per heavy atom. The van der Waals surface area contributed by atoms with Gasteiger partial charge in [0.2, 0.25) is 0 Å². The number of likely N-dealkylation sites (tertiary alicyclic amines) is 1. The van der Waals surface area contributed by atoms with Crippen molar-refractivity contribution < 1.29 is 9.53 Å². The minimum absolute atomic E-state index is 0.194. The summed E-state index contributed by atoms with van der Waals surface area (Å²) in [7, 11) is 0. The van der Waals surface area contributed by atoms with Crippen LogP contribution in [0.4, 0.5) is 4.79 Å². The number of aromatic amines is 1. The number of hydrogen-bond donors (Lipinski definition) is 2. The van der Waals surface area contributed by atoms with Crippen LogP contribution in [-0.2, 0) is 24.1 Å². The Bertz CT molecular complexity index is 514. The molecule has 0 spiro atoms. The first-order chi connectivity index (χ1) is 10.8. The summed E-state index contributed by atoms with van der Waals surface area (Å²) in [6.45, 7) is 4.56.